The minimum absolute atomic E-state index is 0.175. The third-order valence-corrected chi connectivity index (χ3v) is 6.72. The highest BCUT2D eigenvalue weighted by Gasteiger charge is 2.32. The molecule has 35 heavy (non-hydrogen) atoms. The van der Waals surface area contributed by atoms with Crippen molar-refractivity contribution in [2.45, 2.75) is 64.0 Å². The Labute approximate surface area is 210 Å². The normalized spacial score (nSPS) is 18.4. The SMILES string of the molecule is CC(C)(C)OC(=O)NC1Cc2cc(Cl)ccc2-n2c(nnc2C2CCN(c3ccccn3)CC2)C1. The number of nitrogens with zero attached hydrogens (tertiary/aromatic N) is 5. The fourth-order valence-electron chi connectivity index (χ4n) is 4.97. The Balaban J connectivity index is 1.41. The van der Waals surface area contributed by atoms with Crippen LogP contribution in [-0.2, 0) is 17.6 Å². The maximum atomic E-state index is 12.5. The molecule has 2 aromatic heterocycles. The van der Waals surface area contributed by atoms with Gasteiger partial charge in [0.1, 0.15) is 23.1 Å². The second-order valence-corrected chi connectivity index (χ2v) is 10.7. The molecule has 1 saturated heterocycles. The molecular formula is C26H31ClN6O2. The van der Waals surface area contributed by atoms with Gasteiger partial charge in [-0.3, -0.25) is 4.57 Å². The summed E-state index contributed by atoms with van der Waals surface area (Å²) in [5.74, 6) is 3.12. The number of nitrogens with one attached hydrogen (secondary N) is 1. The summed E-state index contributed by atoms with van der Waals surface area (Å²) >= 11 is 6.37. The Kier molecular flexibility index (Phi) is 6.40. The van der Waals surface area contributed by atoms with Crippen LogP contribution in [0.15, 0.2) is 42.6 Å². The molecule has 5 rings (SSSR count). The highest BCUT2D eigenvalue weighted by atomic mass is 35.5. The summed E-state index contributed by atoms with van der Waals surface area (Å²) in [5.41, 5.74) is 1.53. The number of amides is 1. The molecule has 1 fully saturated rings. The molecule has 1 amide bonds. The minimum atomic E-state index is -0.562. The maximum Gasteiger partial charge on any atom is 0.407 e. The molecular weight excluding hydrogens is 464 g/mol. The lowest BCUT2D eigenvalue weighted by atomic mass is 9.95. The summed E-state index contributed by atoms with van der Waals surface area (Å²) in [6.07, 6.45) is 4.54. The fourth-order valence-corrected chi connectivity index (χ4v) is 5.16. The molecule has 9 heteroatoms. The molecule has 0 spiro atoms. The lowest BCUT2D eigenvalue weighted by Crippen LogP contribution is -2.41. The van der Waals surface area contributed by atoms with Gasteiger partial charge in [0.15, 0.2) is 0 Å². The van der Waals surface area contributed by atoms with Crippen molar-refractivity contribution in [3.05, 3.63) is 64.8 Å². The lowest BCUT2D eigenvalue weighted by molar-refractivity contribution is 0.0504. The molecule has 4 heterocycles. The lowest BCUT2D eigenvalue weighted by Gasteiger charge is -2.32. The van der Waals surface area contributed by atoms with Crippen molar-refractivity contribution in [2.24, 2.45) is 0 Å². The smallest absolute Gasteiger partial charge is 0.407 e. The fraction of sp³-hybridized carbons (Fsp3) is 0.462. The quantitative estimate of drug-likeness (QED) is 0.568. The van der Waals surface area contributed by atoms with Gasteiger partial charge in [-0.2, -0.15) is 0 Å². The average molecular weight is 495 g/mol. The third-order valence-electron chi connectivity index (χ3n) is 6.49. The molecule has 2 aliphatic rings. The van der Waals surface area contributed by atoms with Crippen LogP contribution in [-0.4, -0.2) is 50.6 Å². The zero-order chi connectivity index (χ0) is 24.6. The predicted molar refractivity (Wildman–Crippen MR) is 135 cm³/mol. The van der Waals surface area contributed by atoms with Crippen LogP contribution < -0.4 is 10.2 Å². The van der Waals surface area contributed by atoms with Crippen LogP contribution in [0.2, 0.25) is 5.02 Å². The van der Waals surface area contributed by atoms with Gasteiger partial charge in [0.05, 0.1) is 5.69 Å². The van der Waals surface area contributed by atoms with Crippen molar-refractivity contribution in [1.82, 2.24) is 25.1 Å². The van der Waals surface area contributed by atoms with E-state index in [0.717, 1.165) is 54.6 Å². The van der Waals surface area contributed by atoms with Crippen molar-refractivity contribution in [2.75, 3.05) is 18.0 Å². The first kappa shape index (κ1) is 23.6. The van der Waals surface area contributed by atoms with E-state index in [1.54, 1.807) is 0 Å². The van der Waals surface area contributed by atoms with Crippen LogP contribution in [0.5, 0.6) is 0 Å². The molecule has 0 bridgehead atoms. The van der Waals surface area contributed by atoms with Crippen LogP contribution in [0.4, 0.5) is 10.6 Å². The Bertz CT molecular complexity index is 1200. The standard InChI is InChI=1S/C26H31ClN6O2/c1-26(2,3)35-25(34)29-20-15-18-14-19(27)7-8-21(18)33-23(16-20)30-31-24(33)17-9-12-32(13-10-17)22-6-4-5-11-28-22/h4-8,11,14,17,20H,9-10,12-13,15-16H2,1-3H3,(H,29,34). The second kappa shape index (κ2) is 9.49. The van der Waals surface area contributed by atoms with E-state index in [4.69, 9.17) is 16.3 Å². The van der Waals surface area contributed by atoms with Crippen molar-refractivity contribution in [3.63, 3.8) is 0 Å². The number of hydrogen-bond acceptors (Lipinski definition) is 6. The van der Waals surface area contributed by atoms with E-state index in [1.807, 2.05) is 57.3 Å². The van der Waals surface area contributed by atoms with Crippen LogP contribution in [0.25, 0.3) is 5.69 Å². The average Bonchev–Trinajstić information content (AvgIpc) is 3.15. The topological polar surface area (TPSA) is 85.2 Å². The van der Waals surface area contributed by atoms with E-state index < -0.39 is 11.7 Å². The summed E-state index contributed by atoms with van der Waals surface area (Å²) in [7, 11) is 0. The van der Waals surface area contributed by atoms with Gasteiger partial charge >= 0.3 is 6.09 Å². The highest BCUT2D eigenvalue weighted by molar-refractivity contribution is 6.30. The van der Waals surface area contributed by atoms with Crippen LogP contribution >= 0.6 is 11.6 Å². The minimum Gasteiger partial charge on any atom is -0.444 e. The van der Waals surface area contributed by atoms with Gasteiger partial charge < -0.3 is 15.0 Å². The summed E-state index contributed by atoms with van der Waals surface area (Å²) in [6, 6.07) is 11.8. The van der Waals surface area contributed by atoms with Crippen molar-refractivity contribution >= 4 is 23.5 Å². The predicted octanol–water partition coefficient (Wildman–Crippen LogP) is 4.69. The number of rotatable bonds is 3. The van der Waals surface area contributed by atoms with Crippen LogP contribution in [0, 0.1) is 0 Å². The Morgan fingerprint density at radius 2 is 1.91 bits per heavy atom. The molecule has 184 valence electrons. The van der Waals surface area contributed by atoms with Crippen molar-refractivity contribution in [1.29, 1.82) is 0 Å². The largest absolute Gasteiger partial charge is 0.444 e. The Hall–Kier alpha value is -3.13. The van der Waals surface area contributed by atoms with Crippen LogP contribution in [0.3, 0.4) is 0 Å². The van der Waals surface area contributed by atoms with E-state index in [1.165, 1.54) is 0 Å². The van der Waals surface area contributed by atoms with Gasteiger partial charge in [-0.15, -0.1) is 10.2 Å². The number of ether oxygens (including phenoxy) is 1. The number of benzene rings is 1. The van der Waals surface area contributed by atoms with Gasteiger partial charge in [-0.1, -0.05) is 17.7 Å². The second-order valence-electron chi connectivity index (χ2n) is 10.3. The number of pyridine rings is 1. The maximum absolute atomic E-state index is 12.5. The summed E-state index contributed by atoms with van der Waals surface area (Å²) < 4.78 is 7.68. The molecule has 3 aromatic rings. The highest BCUT2D eigenvalue weighted by Crippen LogP contribution is 2.34. The van der Waals surface area contributed by atoms with Gasteiger partial charge in [-0.05, 0) is 75.9 Å². The first-order chi connectivity index (χ1) is 16.8. The molecule has 2 aliphatic heterocycles. The number of halogens is 1. The molecule has 1 atom stereocenters. The molecule has 0 saturated carbocycles. The van der Waals surface area contributed by atoms with E-state index in [-0.39, 0.29) is 12.0 Å². The number of carbonyl (C=O) groups excluding carboxylic acids is 1. The molecule has 1 unspecified atom stereocenters. The van der Waals surface area contributed by atoms with Crippen molar-refractivity contribution < 1.29 is 9.53 Å². The Morgan fingerprint density at radius 3 is 2.63 bits per heavy atom. The van der Waals surface area contributed by atoms with Gasteiger partial charge in [0, 0.05) is 42.7 Å². The van der Waals surface area contributed by atoms with E-state index >= 15 is 0 Å². The van der Waals surface area contributed by atoms with Gasteiger partial charge in [0.25, 0.3) is 0 Å². The number of carbonyl (C=O) groups is 1. The van der Waals surface area contributed by atoms with Gasteiger partial charge in [-0.25, -0.2) is 9.78 Å². The summed E-state index contributed by atoms with van der Waals surface area (Å²) in [6.45, 7) is 7.41. The zero-order valence-electron chi connectivity index (χ0n) is 20.4. The van der Waals surface area contributed by atoms with Gasteiger partial charge in [0.2, 0.25) is 0 Å². The van der Waals surface area contributed by atoms with E-state index in [2.05, 4.69) is 36.0 Å². The third kappa shape index (κ3) is 5.27. The van der Waals surface area contributed by atoms with E-state index in [9.17, 15) is 4.79 Å². The summed E-state index contributed by atoms with van der Waals surface area (Å²) in [5, 5.41) is 12.9. The van der Waals surface area contributed by atoms with E-state index in [0.29, 0.717) is 17.9 Å². The molecule has 0 aliphatic carbocycles. The van der Waals surface area contributed by atoms with Crippen molar-refractivity contribution in [3.8, 4) is 5.69 Å². The number of anilines is 1. The molecule has 0 radical (unpaired) electrons. The first-order valence-corrected chi connectivity index (χ1v) is 12.5. The zero-order valence-corrected chi connectivity index (χ0v) is 21.1. The number of aromatic nitrogens is 4. The van der Waals surface area contributed by atoms with Crippen LogP contribution in [0.1, 0.15) is 56.7 Å². The number of alkyl carbamates (subject to hydrolysis) is 1. The molecule has 8 nitrogen and oxygen atoms in total. The number of piperidine rings is 1. The number of hydrogen-bond donors (Lipinski definition) is 1. The molecule has 1 aromatic carbocycles. The first-order valence-electron chi connectivity index (χ1n) is 12.2. The molecule has 1 N–H and O–H groups in total. The summed E-state index contributed by atoms with van der Waals surface area (Å²) in [4.78, 5) is 19.3. The Morgan fingerprint density at radius 1 is 1.11 bits per heavy atom. The monoisotopic (exact) mass is 494 g/mol. The number of fused-ring (bicyclic) bond motifs is 3.